The summed E-state index contributed by atoms with van der Waals surface area (Å²) in [6.45, 7) is 4.07. The number of nitrogens with zero attached hydrogens (tertiary/aromatic N) is 1. The molecule has 0 unspecified atom stereocenters. The summed E-state index contributed by atoms with van der Waals surface area (Å²) in [5.74, 6) is 0. The molecule has 2 nitrogen and oxygen atoms in total. The van der Waals surface area contributed by atoms with Crippen LogP contribution in [0.15, 0.2) is 12.2 Å². The van der Waals surface area contributed by atoms with Crippen molar-refractivity contribution in [1.82, 2.24) is 4.90 Å². The van der Waals surface area contributed by atoms with Gasteiger partial charge in [-0.3, -0.25) is 4.90 Å². The van der Waals surface area contributed by atoms with Gasteiger partial charge in [0.05, 0.1) is 0 Å². The van der Waals surface area contributed by atoms with Gasteiger partial charge in [0.25, 0.3) is 0 Å². The van der Waals surface area contributed by atoms with E-state index in [4.69, 9.17) is 5.73 Å². The predicted octanol–water partition coefficient (Wildman–Crippen LogP) is 0.736. The molecular weight excluding hydrogens is 136 g/mol. The summed E-state index contributed by atoms with van der Waals surface area (Å²) in [7, 11) is 2.17. The van der Waals surface area contributed by atoms with Crippen LogP contribution in [-0.2, 0) is 0 Å². The SMILES string of the molecule is C=C1CC[C@H]2C[C@@H](N)[C@@H]1N2C. The van der Waals surface area contributed by atoms with Crippen LogP contribution in [0, 0.1) is 0 Å². The van der Waals surface area contributed by atoms with Crippen molar-refractivity contribution in [1.29, 1.82) is 0 Å². The first-order valence-corrected chi connectivity index (χ1v) is 4.35. The summed E-state index contributed by atoms with van der Waals surface area (Å²) in [5, 5.41) is 0. The molecule has 2 N–H and O–H groups in total. The van der Waals surface area contributed by atoms with Crippen LogP contribution in [0.1, 0.15) is 19.3 Å². The second kappa shape index (κ2) is 2.32. The highest BCUT2D eigenvalue weighted by Gasteiger charge is 2.41. The minimum Gasteiger partial charge on any atom is -0.326 e. The number of hydrogen-bond donors (Lipinski definition) is 1. The zero-order valence-electron chi connectivity index (χ0n) is 7.09. The third kappa shape index (κ3) is 0.932. The lowest BCUT2D eigenvalue weighted by atomic mass is 9.98. The van der Waals surface area contributed by atoms with Gasteiger partial charge in [-0.1, -0.05) is 12.2 Å². The molecule has 2 fully saturated rings. The van der Waals surface area contributed by atoms with Crippen molar-refractivity contribution in [3.63, 3.8) is 0 Å². The van der Waals surface area contributed by atoms with E-state index >= 15 is 0 Å². The third-order valence-electron chi connectivity index (χ3n) is 3.18. The van der Waals surface area contributed by atoms with E-state index in [1.807, 2.05) is 0 Å². The maximum atomic E-state index is 6.00. The standard InChI is InChI=1S/C9H16N2/c1-6-3-4-7-5-8(10)9(6)11(7)2/h7-9H,1,3-5,10H2,2H3/t7-,8+,9+/m0/s1. The Morgan fingerprint density at radius 3 is 3.00 bits per heavy atom. The summed E-state index contributed by atoms with van der Waals surface area (Å²) >= 11 is 0. The number of fused-ring (bicyclic) bond motifs is 2. The Bertz CT molecular complexity index is 188. The van der Waals surface area contributed by atoms with Gasteiger partial charge in [-0.25, -0.2) is 0 Å². The third-order valence-corrected chi connectivity index (χ3v) is 3.18. The van der Waals surface area contributed by atoms with Crippen LogP contribution in [0.2, 0.25) is 0 Å². The average molecular weight is 152 g/mol. The van der Waals surface area contributed by atoms with E-state index < -0.39 is 0 Å². The van der Waals surface area contributed by atoms with Gasteiger partial charge in [-0.05, 0) is 26.3 Å². The number of rotatable bonds is 0. The molecule has 11 heavy (non-hydrogen) atoms. The minimum absolute atomic E-state index is 0.347. The Morgan fingerprint density at radius 2 is 2.36 bits per heavy atom. The van der Waals surface area contributed by atoms with Crippen molar-refractivity contribution in [3.8, 4) is 0 Å². The van der Waals surface area contributed by atoms with Gasteiger partial charge in [-0.2, -0.15) is 0 Å². The zero-order chi connectivity index (χ0) is 8.01. The van der Waals surface area contributed by atoms with Gasteiger partial charge in [0, 0.05) is 18.1 Å². The first-order chi connectivity index (χ1) is 5.20. The molecule has 2 saturated heterocycles. The lowest BCUT2D eigenvalue weighted by Crippen LogP contribution is -2.42. The van der Waals surface area contributed by atoms with E-state index in [0.717, 1.165) is 6.04 Å². The molecule has 0 amide bonds. The predicted molar refractivity (Wildman–Crippen MR) is 46.3 cm³/mol. The largest absolute Gasteiger partial charge is 0.326 e. The molecule has 2 aliphatic heterocycles. The molecule has 2 aliphatic rings. The molecule has 0 saturated carbocycles. The average Bonchev–Trinajstić information content (AvgIpc) is 2.11. The second-order valence-corrected chi connectivity index (χ2v) is 3.86. The maximum absolute atomic E-state index is 6.00. The lowest BCUT2D eigenvalue weighted by Gasteiger charge is -2.33. The molecule has 2 bridgehead atoms. The van der Waals surface area contributed by atoms with Crippen molar-refractivity contribution in [2.75, 3.05) is 7.05 Å². The van der Waals surface area contributed by atoms with Crippen molar-refractivity contribution in [2.24, 2.45) is 5.73 Å². The Balaban J connectivity index is 2.25. The summed E-state index contributed by atoms with van der Waals surface area (Å²) in [4.78, 5) is 2.40. The fourth-order valence-corrected chi connectivity index (χ4v) is 2.55. The topological polar surface area (TPSA) is 29.3 Å². The number of piperidine rings is 1. The Kier molecular flexibility index (Phi) is 1.55. The quantitative estimate of drug-likeness (QED) is 0.519. The minimum atomic E-state index is 0.347. The van der Waals surface area contributed by atoms with Crippen LogP contribution in [0.5, 0.6) is 0 Å². The lowest BCUT2D eigenvalue weighted by molar-refractivity contribution is 0.218. The van der Waals surface area contributed by atoms with E-state index in [2.05, 4.69) is 18.5 Å². The smallest absolute Gasteiger partial charge is 0.0456 e. The normalized spacial score (nSPS) is 44.9. The van der Waals surface area contributed by atoms with E-state index in [0.29, 0.717) is 12.1 Å². The molecule has 0 aromatic heterocycles. The Hall–Kier alpha value is -0.340. The first kappa shape index (κ1) is 7.32. The fourth-order valence-electron chi connectivity index (χ4n) is 2.55. The summed E-state index contributed by atoms with van der Waals surface area (Å²) < 4.78 is 0. The summed E-state index contributed by atoms with van der Waals surface area (Å²) in [5.41, 5.74) is 7.34. The van der Waals surface area contributed by atoms with Crippen LogP contribution in [0.3, 0.4) is 0 Å². The molecule has 2 rings (SSSR count). The van der Waals surface area contributed by atoms with Crippen LogP contribution < -0.4 is 5.73 Å². The van der Waals surface area contributed by atoms with Crippen LogP contribution in [-0.4, -0.2) is 30.1 Å². The molecule has 0 aromatic rings. The molecule has 2 heterocycles. The fraction of sp³-hybridized carbons (Fsp3) is 0.778. The van der Waals surface area contributed by atoms with Gasteiger partial charge in [0.2, 0.25) is 0 Å². The maximum Gasteiger partial charge on any atom is 0.0456 e. The molecular formula is C9H16N2. The van der Waals surface area contributed by atoms with E-state index in [1.165, 1.54) is 24.8 Å². The summed E-state index contributed by atoms with van der Waals surface area (Å²) in [6.07, 6.45) is 3.62. The van der Waals surface area contributed by atoms with E-state index in [9.17, 15) is 0 Å². The molecule has 0 spiro atoms. The van der Waals surface area contributed by atoms with Crippen molar-refractivity contribution >= 4 is 0 Å². The highest BCUT2D eigenvalue weighted by molar-refractivity contribution is 5.18. The van der Waals surface area contributed by atoms with Gasteiger partial charge in [0.15, 0.2) is 0 Å². The Morgan fingerprint density at radius 1 is 1.64 bits per heavy atom. The van der Waals surface area contributed by atoms with Crippen molar-refractivity contribution in [3.05, 3.63) is 12.2 Å². The number of likely N-dealkylation sites (N-methyl/N-ethyl adjacent to an activating group) is 1. The van der Waals surface area contributed by atoms with Crippen LogP contribution in [0.4, 0.5) is 0 Å². The molecule has 2 heteroatoms. The molecule has 3 atom stereocenters. The summed E-state index contributed by atoms with van der Waals surface area (Å²) in [6, 6.07) is 1.56. The highest BCUT2D eigenvalue weighted by atomic mass is 15.2. The van der Waals surface area contributed by atoms with Gasteiger partial charge >= 0.3 is 0 Å². The van der Waals surface area contributed by atoms with Crippen molar-refractivity contribution in [2.45, 2.75) is 37.4 Å². The van der Waals surface area contributed by atoms with E-state index in [1.54, 1.807) is 0 Å². The first-order valence-electron chi connectivity index (χ1n) is 4.35. The van der Waals surface area contributed by atoms with Gasteiger partial charge in [0.1, 0.15) is 0 Å². The van der Waals surface area contributed by atoms with Gasteiger partial charge in [-0.15, -0.1) is 0 Å². The second-order valence-electron chi connectivity index (χ2n) is 3.86. The molecule has 0 aliphatic carbocycles. The van der Waals surface area contributed by atoms with Crippen molar-refractivity contribution < 1.29 is 0 Å². The van der Waals surface area contributed by atoms with Crippen LogP contribution in [0.25, 0.3) is 0 Å². The number of hydrogen-bond acceptors (Lipinski definition) is 2. The van der Waals surface area contributed by atoms with E-state index in [-0.39, 0.29) is 0 Å². The van der Waals surface area contributed by atoms with Gasteiger partial charge < -0.3 is 5.73 Å². The van der Waals surface area contributed by atoms with Crippen LogP contribution >= 0.6 is 0 Å². The Labute approximate surface area is 68.1 Å². The zero-order valence-corrected chi connectivity index (χ0v) is 7.09. The number of nitrogens with two attached hydrogens (primary N) is 1. The molecule has 0 radical (unpaired) electrons. The monoisotopic (exact) mass is 152 g/mol. The molecule has 62 valence electrons. The molecule has 0 aromatic carbocycles. The highest BCUT2D eigenvalue weighted by Crippen LogP contribution is 2.35.